The number of aromatic nitrogens is 2. The first-order valence-corrected chi connectivity index (χ1v) is 6.31. The van der Waals surface area contributed by atoms with Gasteiger partial charge in [-0.2, -0.15) is 0 Å². The molecule has 0 saturated carbocycles. The Bertz CT molecular complexity index is 520. The lowest BCUT2D eigenvalue weighted by Crippen LogP contribution is -2.06. The van der Waals surface area contributed by atoms with Crippen LogP contribution in [0.15, 0.2) is 35.1 Å². The van der Waals surface area contributed by atoms with Gasteiger partial charge in [0.15, 0.2) is 0 Å². The third-order valence-corrected chi connectivity index (χ3v) is 2.99. The summed E-state index contributed by atoms with van der Waals surface area (Å²) in [6.07, 6.45) is 3.90. The maximum Gasteiger partial charge on any atom is 0.139 e. The molecule has 90 valence electrons. The third-order valence-electron chi connectivity index (χ3n) is 2.37. The molecule has 0 radical (unpaired) electrons. The Labute approximate surface area is 110 Å². The first-order valence-electron chi connectivity index (χ1n) is 5.52. The summed E-state index contributed by atoms with van der Waals surface area (Å²) in [7, 11) is 1.98. The molecule has 0 aliphatic heterocycles. The normalized spacial score (nSPS) is 10.9. The maximum absolute atomic E-state index is 5.67. The van der Waals surface area contributed by atoms with Gasteiger partial charge in [-0.05, 0) is 48.0 Å². The van der Waals surface area contributed by atoms with E-state index in [1.54, 1.807) is 6.20 Å². The van der Waals surface area contributed by atoms with Gasteiger partial charge < -0.3 is 9.30 Å². The van der Waals surface area contributed by atoms with Gasteiger partial charge >= 0.3 is 0 Å². The van der Waals surface area contributed by atoms with Crippen molar-refractivity contribution in [3.8, 4) is 17.1 Å². The second kappa shape index (κ2) is 4.92. The minimum atomic E-state index is 0.172. The molecule has 0 fully saturated rings. The Hall–Kier alpha value is -1.29. The third kappa shape index (κ3) is 2.69. The van der Waals surface area contributed by atoms with E-state index in [0.717, 1.165) is 21.6 Å². The summed E-state index contributed by atoms with van der Waals surface area (Å²) in [5.74, 6) is 1.81. The quantitative estimate of drug-likeness (QED) is 0.864. The van der Waals surface area contributed by atoms with Crippen LogP contribution in [-0.2, 0) is 7.05 Å². The summed E-state index contributed by atoms with van der Waals surface area (Å²) in [6, 6.07) is 6.01. The summed E-state index contributed by atoms with van der Waals surface area (Å²) in [5, 5.41) is 0. The van der Waals surface area contributed by atoms with Gasteiger partial charge in [0, 0.05) is 25.0 Å². The van der Waals surface area contributed by atoms with E-state index in [1.807, 2.05) is 49.9 Å². The van der Waals surface area contributed by atoms with Crippen LogP contribution in [0.2, 0.25) is 0 Å². The Morgan fingerprint density at radius 3 is 2.65 bits per heavy atom. The van der Waals surface area contributed by atoms with Crippen LogP contribution >= 0.6 is 15.9 Å². The molecule has 17 heavy (non-hydrogen) atoms. The molecule has 0 amide bonds. The summed E-state index contributed by atoms with van der Waals surface area (Å²) < 4.78 is 8.61. The highest BCUT2D eigenvalue weighted by Gasteiger charge is 2.08. The van der Waals surface area contributed by atoms with Crippen LogP contribution in [0.1, 0.15) is 13.8 Å². The number of benzene rings is 1. The van der Waals surface area contributed by atoms with E-state index in [2.05, 4.69) is 20.9 Å². The highest BCUT2D eigenvalue weighted by Crippen LogP contribution is 2.30. The fourth-order valence-corrected chi connectivity index (χ4v) is 2.11. The molecule has 0 unspecified atom stereocenters. The van der Waals surface area contributed by atoms with Crippen molar-refractivity contribution in [2.75, 3.05) is 0 Å². The predicted octanol–water partition coefficient (Wildman–Crippen LogP) is 3.64. The number of hydrogen-bond acceptors (Lipinski definition) is 2. The minimum Gasteiger partial charge on any atom is -0.490 e. The SMILES string of the molecule is CC(C)Oc1ccc(-c2nccn2C)cc1Br. The lowest BCUT2D eigenvalue weighted by atomic mass is 10.2. The first kappa shape index (κ1) is 12.2. The van der Waals surface area contributed by atoms with Crippen molar-refractivity contribution in [3.05, 3.63) is 35.1 Å². The number of ether oxygens (including phenoxy) is 1. The monoisotopic (exact) mass is 294 g/mol. The first-order chi connectivity index (χ1) is 8.08. The summed E-state index contributed by atoms with van der Waals surface area (Å²) >= 11 is 3.52. The van der Waals surface area contributed by atoms with E-state index >= 15 is 0 Å². The lowest BCUT2D eigenvalue weighted by Gasteiger charge is -2.12. The standard InChI is InChI=1S/C13H15BrN2O/c1-9(2)17-12-5-4-10(8-11(12)14)13-15-6-7-16(13)3/h4-9H,1-3H3. The Kier molecular flexibility index (Phi) is 3.52. The van der Waals surface area contributed by atoms with Gasteiger partial charge in [-0.15, -0.1) is 0 Å². The van der Waals surface area contributed by atoms with Crippen LogP contribution in [0.4, 0.5) is 0 Å². The molecule has 0 N–H and O–H groups in total. The second-order valence-electron chi connectivity index (χ2n) is 4.17. The predicted molar refractivity (Wildman–Crippen MR) is 72.1 cm³/mol. The summed E-state index contributed by atoms with van der Waals surface area (Å²) in [4.78, 5) is 4.32. The Balaban J connectivity index is 2.34. The molecule has 4 heteroatoms. The summed E-state index contributed by atoms with van der Waals surface area (Å²) in [5.41, 5.74) is 1.07. The zero-order valence-electron chi connectivity index (χ0n) is 10.1. The van der Waals surface area contributed by atoms with Crippen molar-refractivity contribution in [3.63, 3.8) is 0 Å². The number of halogens is 1. The van der Waals surface area contributed by atoms with E-state index in [-0.39, 0.29) is 6.10 Å². The molecule has 2 aromatic rings. The fraction of sp³-hybridized carbons (Fsp3) is 0.308. The molecule has 0 aliphatic carbocycles. The molecule has 1 heterocycles. The van der Waals surface area contributed by atoms with Gasteiger partial charge in [-0.3, -0.25) is 0 Å². The Morgan fingerprint density at radius 1 is 1.35 bits per heavy atom. The fourth-order valence-electron chi connectivity index (χ4n) is 1.63. The minimum absolute atomic E-state index is 0.172. The highest BCUT2D eigenvalue weighted by molar-refractivity contribution is 9.10. The number of nitrogens with zero attached hydrogens (tertiary/aromatic N) is 2. The lowest BCUT2D eigenvalue weighted by molar-refractivity contribution is 0.241. The maximum atomic E-state index is 5.67. The molecule has 0 aliphatic rings. The molecule has 0 spiro atoms. The average Bonchev–Trinajstić information content (AvgIpc) is 2.67. The largest absolute Gasteiger partial charge is 0.490 e. The van der Waals surface area contributed by atoms with Crippen molar-refractivity contribution in [2.45, 2.75) is 20.0 Å². The molecule has 0 bridgehead atoms. The molecule has 0 atom stereocenters. The highest BCUT2D eigenvalue weighted by atomic mass is 79.9. The van der Waals surface area contributed by atoms with Crippen molar-refractivity contribution in [2.24, 2.45) is 7.05 Å². The van der Waals surface area contributed by atoms with Crippen molar-refractivity contribution >= 4 is 15.9 Å². The van der Waals surface area contributed by atoms with Gasteiger partial charge in [-0.25, -0.2) is 4.98 Å². The van der Waals surface area contributed by atoms with Crippen LogP contribution in [-0.4, -0.2) is 15.7 Å². The van der Waals surface area contributed by atoms with Crippen LogP contribution in [0.5, 0.6) is 5.75 Å². The second-order valence-corrected chi connectivity index (χ2v) is 5.03. The van der Waals surface area contributed by atoms with Crippen LogP contribution < -0.4 is 4.74 Å². The van der Waals surface area contributed by atoms with Gasteiger partial charge in [0.25, 0.3) is 0 Å². The smallest absolute Gasteiger partial charge is 0.139 e. The average molecular weight is 295 g/mol. The van der Waals surface area contributed by atoms with E-state index in [1.165, 1.54) is 0 Å². The number of aryl methyl sites for hydroxylation is 1. The zero-order chi connectivity index (χ0) is 12.4. The number of imidazole rings is 1. The van der Waals surface area contributed by atoms with Gasteiger partial charge in [0.1, 0.15) is 11.6 Å². The van der Waals surface area contributed by atoms with E-state index < -0.39 is 0 Å². The molecule has 1 aromatic carbocycles. The molecule has 2 rings (SSSR count). The van der Waals surface area contributed by atoms with E-state index in [9.17, 15) is 0 Å². The molecular formula is C13H15BrN2O. The molecule has 1 aromatic heterocycles. The molecular weight excluding hydrogens is 280 g/mol. The van der Waals surface area contributed by atoms with Gasteiger partial charge in [0.2, 0.25) is 0 Å². The van der Waals surface area contributed by atoms with Crippen LogP contribution in [0, 0.1) is 0 Å². The van der Waals surface area contributed by atoms with Crippen molar-refractivity contribution in [1.29, 1.82) is 0 Å². The van der Waals surface area contributed by atoms with Crippen molar-refractivity contribution in [1.82, 2.24) is 9.55 Å². The summed E-state index contributed by atoms with van der Waals surface area (Å²) in [6.45, 7) is 4.03. The van der Waals surface area contributed by atoms with E-state index in [0.29, 0.717) is 0 Å². The van der Waals surface area contributed by atoms with Gasteiger partial charge in [-0.1, -0.05) is 0 Å². The molecule has 3 nitrogen and oxygen atoms in total. The number of rotatable bonds is 3. The zero-order valence-corrected chi connectivity index (χ0v) is 11.7. The van der Waals surface area contributed by atoms with Crippen LogP contribution in [0.3, 0.4) is 0 Å². The number of hydrogen-bond donors (Lipinski definition) is 0. The Morgan fingerprint density at radius 2 is 2.12 bits per heavy atom. The molecule has 0 saturated heterocycles. The van der Waals surface area contributed by atoms with Gasteiger partial charge in [0.05, 0.1) is 10.6 Å². The van der Waals surface area contributed by atoms with E-state index in [4.69, 9.17) is 4.74 Å². The topological polar surface area (TPSA) is 27.1 Å². The van der Waals surface area contributed by atoms with Crippen molar-refractivity contribution < 1.29 is 4.74 Å². The van der Waals surface area contributed by atoms with Crippen LogP contribution in [0.25, 0.3) is 11.4 Å².